The third-order valence-corrected chi connectivity index (χ3v) is 4.23. The predicted molar refractivity (Wildman–Crippen MR) is 99.0 cm³/mol. The van der Waals surface area contributed by atoms with Crippen molar-refractivity contribution in [2.24, 2.45) is 0 Å². The van der Waals surface area contributed by atoms with Gasteiger partial charge in [0.1, 0.15) is 5.75 Å². The van der Waals surface area contributed by atoms with Crippen molar-refractivity contribution in [2.45, 2.75) is 39.0 Å². The molecule has 1 N–H and O–H groups in total. The molecule has 4 heteroatoms. The topological polar surface area (TPSA) is 38.3 Å². The molecule has 1 amide bonds. The molecule has 0 spiro atoms. The fraction of sp³-hybridized carbons (Fsp3) is 0.350. The van der Waals surface area contributed by atoms with Gasteiger partial charge in [0.25, 0.3) is 0 Å². The van der Waals surface area contributed by atoms with E-state index in [9.17, 15) is 4.79 Å². The molecular formula is C20H24ClNO2. The number of ether oxygens (including phenoxy) is 1. The summed E-state index contributed by atoms with van der Waals surface area (Å²) < 4.78 is 5.28. The minimum absolute atomic E-state index is 0.301. The third-order valence-electron chi connectivity index (χ3n) is 3.97. The Balaban J connectivity index is 2.02. The van der Waals surface area contributed by atoms with Crippen LogP contribution in [0, 0.1) is 0 Å². The molecule has 0 radical (unpaired) electrons. The number of carbonyl (C=O) groups excluding carboxylic acids is 1. The van der Waals surface area contributed by atoms with Crippen molar-refractivity contribution in [3.63, 3.8) is 0 Å². The molecule has 2 rings (SSSR count). The van der Waals surface area contributed by atoms with Gasteiger partial charge in [0, 0.05) is 17.5 Å². The van der Waals surface area contributed by atoms with Gasteiger partial charge in [-0.2, -0.15) is 0 Å². The summed E-state index contributed by atoms with van der Waals surface area (Å²) >= 11 is 5.97. The number of hydrogen-bond donors (Lipinski definition) is 1. The zero-order valence-electron chi connectivity index (χ0n) is 14.2. The van der Waals surface area contributed by atoms with Crippen molar-refractivity contribution < 1.29 is 9.53 Å². The van der Waals surface area contributed by atoms with E-state index in [0.29, 0.717) is 18.2 Å². The minimum atomic E-state index is -0.402. The molecule has 0 saturated heterocycles. The number of nitrogens with one attached hydrogen (secondary N) is 1. The maximum absolute atomic E-state index is 11.7. The largest absolute Gasteiger partial charge is 0.412 e. The second-order valence-corrected chi connectivity index (χ2v) is 6.19. The summed E-state index contributed by atoms with van der Waals surface area (Å²) in [7, 11) is 0. The Morgan fingerprint density at radius 2 is 1.62 bits per heavy atom. The van der Waals surface area contributed by atoms with Gasteiger partial charge >= 0.3 is 6.09 Å². The normalized spacial score (nSPS) is 11.8. The number of unbranched alkanes of at least 4 members (excludes halogenated alkanes) is 1. The molecule has 2 aromatic rings. The third kappa shape index (κ3) is 5.27. The van der Waals surface area contributed by atoms with Crippen molar-refractivity contribution in [1.82, 2.24) is 5.32 Å². The highest BCUT2D eigenvalue weighted by molar-refractivity contribution is 6.30. The van der Waals surface area contributed by atoms with E-state index in [1.165, 1.54) is 11.1 Å². The number of rotatable bonds is 7. The lowest BCUT2D eigenvalue weighted by Crippen LogP contribution is -2.27. The van der Waals surface area contributed by atoms with Crippen LogP contribution in [0.5, 0.6) is 5.75 Å². The molecule has 2 aromatic carbocycles. The summed E-state index contributed by atoms with van der Waals surface area (Å²) in [6.45, 7) is 4.88. The molecule has 3 nitrogen and oxygen atoms in total. The van der Waals surface area contributed by atoms with E-state index >= 15 is 0 Å². The van der Waals surface area contributed by atoms with E-state index in [4.69, 9.17) is 16.3 Å². The Kier molecular flexibility index (Phi) is 7.13. The molecule has 128 valence electrons. The lowest BCUT2D eigenvalue weighted by atomic mass is 9.89. The molecule has 1 unspecified atom stereocenters. The first kappa shape index (κ1) is 18.3. The van der Waals surface area contributed by atoms with Gasteiger partial charge in [-0.25, -0.2) is 4.79 Å². The molecule has 24 heavy (non-hydrogen) atoms. The number of carbonyl (C=O) groups is 1. The van der Waals surface area contributed by atoms with E-state index in [0.717, 1.165) is 24.3 Å². The molecular weight excluding hydrogens is 322 g/mol. The Hall–Kier alpha value is -2.00. The molecule has 0 saturated carbocycles. The molecule has 0 heterocycles. The van der Waals surface area contributed by atoms with Gasteiger partial charge < -0.3 is 10.1 Å². The van der Waals surface area contributed by atoms with E-state index < -0.39 is 6.09 Å². The maximum Gasteiger partial charge on any atom is 0.412 e. The lowest BCUT2D eigenvalue weighted by molar-refractivity contribution is 0.200. The first-order chi connectivity index (χ1) is 11.6. The molecule has 0 aliphatic carbocycles. The van der Waals surface area contributed by atoms with E-state index in [-0.39, 0.29) is 0 Å². The number of amides is 1. The summed E-state index contributed by atoms with van der Waals surface area (Å²) in [4.78, 5) is 11.7. The molecule has 0 fully saturated rings. The highest BCUT2D eigenvalue weighted by Crippen LogP contribution is 2.29. The second-order valence-electron chi connectivity index (χ2n) is 5.75. The SMILES string of the molecule is CCCCNC(=O)Oc1ccc(C(CC)c2ccc(Cl)cc2)cc1. The molecule has 0 bridgehead atoms. The Morgan fingerprint density at radius 1 is 1.04 bits per heavy atom. The first-order valence-electron chi connectivity index (χ1n) is 8.45. The zero-order valence-corrected chi connectivity index (χ0v) is 15.0. The van der Waals surface area contributed by atoms with Gasteiger partial charge in [-0.15, -0.1) is 0 Å². The van der Waals surface area contributed by atoms with Crippen molar-refractivity contribution in [3.8, 4) is 5.75 Å². The van der Waals surface area contributed by atoms with Crippen LogP contribution in [0.2, 0.25) is 5.02 Å². The quantitative estimate of drug-likeness (QED) is 0.647. The predicted octanol–water partition coefficient (Wildman–Crippen LogP) is 5.77. The van der Waals surface area contributed by atoms with Crippen molar-refractivity contribution in [3.05, 3.63) is 64.7 Å². The number of halogens is 1. The van der Waals surface area contributed by atoms with Gasteiger partial charge in [0.2, 0.25) is 0 Å². The fourth-order valence-corrected chi connectivity index (χ4v) is 2.76. The average molecular weight is 346 g/mol. The molecule has 0 aromatic heterocycles. The summed E-state index contributed by atoms with van der Waals surface area (Å²) in [6, 6.07) is 15.6. The van der Waals surface area contributed by atoms with Crippen molar-refractivity contribution >= 4 is 17.7 Å². The number of hydrogen-bond acceptors (Lipinski definition) is 2. The van der Waals surface area contributed by atoms with Crippen LogP contribution in [-0.2, 0) is 0 Å². The fourth-order valence-electron chi connectivity index (χ4n) is 2.64. The van der Waals surface area contributed by atoms with Crippen LogP contribution in [0.15, 0.2) is 48.5 Å². The average Bonchev–Trinajstić information content (AvgIpc) is 2.59. The molecule has 0 aliphatic rings. The van der Waals surface area contributed by atoms with Gasteiger partial charge in [0.05, 0.1) is 0 Å². The standard InChI is InChI=1S/C20H24ClNO2/c1-3-5-14-22-20(23)24-18-12-8-16(9-13-18)19(4-2)15-6-10-17(21)11-7-15/h6-13,19H,3-5,14H2,1-2H3,(H,22,23). The van der Waals surface area contributed by atoms with Crippen LogP contribution < -0.4 is 10.1 Å². The van der Waals surface area contributed by atoms with Crippen LogP contribution in [0.4, 0.5) is 4.79 Å². The highest BCUT2D eigenvalue weighted by atomic mass is 35.5. The van der Waals surface area contributed by atoms with Gasteiger partial charge in [-0.3, -0.25) is 0 Å². The van der Waals surface area contributed by atoms with Gasteiger partial charge in [0.15, 0.2) is 0 Å². The van der Waals surface area contributed by atoms with Crippen molar-refractivity contribution in [2.75, 3.05) is 6.54 Å². The lowest BCUT2D eigenvalue weighted by Gasteiger charge is -2.16. The maximum atomic E-state index is 11.7. The summed E-state index contributed by atoms with van der Waals surface area (Å²) in [5, 5.41) is 3.48. The van der Waals surface area contributed by atoms with Gasteiger partial charge in [-0.05, 0) is 48.2 Å². The highest BCUT2D eigenvalue weighted by Gasteiger charge is 2.12. The monoisotopic (exact) mass is 345 g/mol. The minimum Gasteiger partial charge on any atom is -0.410 e. The first-order valence-corrected chi connectivity index (χ1v) is 8.83. The summed E-state index contributed by atoms with van der Waals surface area (Å²) in [6.07, 6.45) is 2.58. The number of benzene rings is 2. The van der Waals surface area contributed by atoms with Crippen LogP contribution in [0.1, 0.15) is 50.2 Å². The Bertz CT molecular complexity index is 638. The Morgan fingerprint density at radius 3 is 2.17 bits per heavy atom. The summed E-state index contributed by atoms with van der Waals surface area (Å²) in [5.41, 5.74) is 2.42. The second kappa shape index (κ2) is 9.33. The van der Waals surface area contributed by atoms with Crippen LogP contribution in [0.3, 0.4) is 0 Å². The zero-order chi connectivity index (χ0) is 17.4. The van der Waals surface area contributed by atoms with E-state index in [1.54, 1.807) is 0 Å². The van der Waals surface area contributed by atoms with Crippen LogP contribution in [0.25, 0.3) is 0 Å². The molecule has 1 atom stereocenters. The smallest absolute Gasteiger partial charge is 0.410 e. The van der Waals surface area contributed by atoms with Crippen molar-refractivity contribution in [1.29, 1.82) is 0 Å². The van der Waals surface area contributed by atoms with Crippen LogP contribution >= 0.6 is 11.6 Å². The van der Waals surface area contributed by atoms with E-state index in [1.807, 2.05) is 36.4 Å². The summed E-state index contributed by atoms with van der Waals surface area (Å²) in [5.74, 6) is 0.855. The van der Waals surface area contributed by atoms with Gasteiger partial charge in [-0.1, -0.05) is 56.1 Å². The molecule has 0 aliphatic heterocycles. The van der Waals surface area contributed by atoms with Crippen LogP contribution in [-0.4, -0.2) is 12.6 Å². The Labute approximate surface area is 149 Å². The van der Waals surface area contributed by atoms with E-state index in [2.05, 4.69) is 31.3 Å².